The highest BCUT2D eigenvalue weighted by Crippen LogP contribution is 2.31. The van der Waals surface area contributed by atoms with Gasteiger partial charge >= 0.3 is 12.1 Å². The minimum Gasteiger partial charge on any atom is -0.493 e. The smallest absolute Gasteiger partial charge is 0.490 e. The molecular formula is C27H34F3N5O8S. The fourth-order valence-electron chi connectivity index (χ4n) is 4.32. The van der Waals surface area contributed by atoms with Gasteiger partial charge in [0.2, 0.25) is 21.8 Å². The Morgan fingerprint density at radius 2 is 1.66 bits per heavy atom. The monoisotopic (exact) mass is 645 g/mol. The molecule has 0 spiro atoms. The molecule has 0 saturated heterocycles. The van der Waals surface area contributed by atoms with Crippen LogP contribution in [0.5, 0.6) is 11.5 Å². The van der Waals surface area contributed by atoms with E-state index in [1.165, 1.54) is 26.4 Å². The molecule has 3 rings (SSSR count). The third kappa shape index (κ3) is 10.7. The first-order valence-corrected chi connectivity index (χ1v) is 14.6. The number of methoxy groups -OCH3 is 2. The summed E-state index contributed by atoms with van der Waals surface area (Å²) in [6.45, 7) is 1.74. The molecule has 1 aliphatic carbocycles. The second kappa shape index (κ2) is 15.4. The highest BCUT2D eigenvalue weighted by molar-refractivity contribution is 7.89. The first kappa shape index (κ1) is 35.8. The number of amides is 2. The van der Waals surface area contributed by atoms with Crippen molar-refractivity contribution >= 4 is 39.5 Å². The van der Waals surface area contributed by atoms with Crippen LogP contribution in [-0.4, -0.2) is 63.7 Å². The Hall–Kier alpha value is -4.38. The number of alkyl halides is 3. The van der Waals surface area contributed by atoms with E-state index in [2.05, 4.69) is 15.6 Å². The van der Waals surface area contributed by atoms with Crippen LogP contribution in [-0.2, 0) is 30.8 Å². The zero-order valence-electron chi connectivity index (χ0n) is 24.1. The van der Waals surface area contributed by atoms with Gasteiger partial charge in [0, 0.05) is 5.69 Å². The normalized spacial score (nSPS) is 14.6. The number of primary sulfonamides is 1. The molecule has 1 atom stereocenters. The topological polar surface area (TPSA) is 212 Å². The number of benzene rings is 2. The highest BCUT2D eigenvalue weighted by Gasteiger charge is 2.38. The number of aliphatic imine (C=N–C) groups is 1. The van der Waals surface area contributed by atoms with E-state index in [1.807, 2.05) is 0 Å². The van der Waals surface area contributed by atoms with Crippen molar-refractivity contribution in [2.45, 2.75) is 56.1 Å². The van der Waals surface area contributed by atoms with Crippen LogP contribution >= 0.6 is 0 Å². The molecule has 17 heteroatoms. The van der Waals surface area contributed by atoms with E-state index in [-0.39, 0.29) is 23.2 Å². The van der Waals surface area contributed by atoms with Crippen LogP contribution in [0.3, 0.4) is 0 Å². The maximum atomic E-state index is 13.3. The minimum absolute atomic E-state index is 0.0103. The Balaban J connectivity index is 0.000000860. The molecule has 0 aliphatic heterocycles. The molecule has 1 aliphatic rings. The van der Waals surface area contributed by atoms with Crippen molar-refractivity contribution in [2.24, 2.45) is 21.8 Å². The van der Waals surface area contributed by atoms with Crippen LogP contribution in [0.2, 0.25) is 0 Å². The molecule has 0 heterocycles. The van der Waals surface area contributed by atoms with Gasteiger partial charge in [0.25, 0.3) is 0 Å². The van der Waals surface area contributed by atoms with Gasteiger partial charge in [-0.05, 0) is 61.1 Å². The van der Waals surface area contributed by atoms with E-state index in [0.717, 1.165) is 25.7 Å². The number of nitrogens with one attached hydrogen (secondary N) is 2. The molecule has 1 saturated carbocycles. The molecule has 0 unspecified atom stereocenters. The van der Waals surface area contributed by atoms with Gasteiger partial charge in [-0.1, -0.05) is 25.0 Å². The summed E-state index contributed by atoms with van der Waals surface area (Å²) in [7, 11) is -0.910. The SMILES string of the molecule is COc1ccc(CC(=O)NC(N)=N[C@H](C(=O)Nc2cc(S(N)(=O)=O)ccc2C)C2CCCC2)cc1OC.O=C(O)C(F)(F)F. The number of aryl methyl sites for hydroxylation is 1. The summed E-state index contributed by atoms with van der Waals surface area (Å²) >= 11 is 0. The number of carboxylic acid groups (broad SMARTS) is 1. The number of carbonyl (C=O) groups is 3. The summed E-state index contributed by atoms with van der Waals surface area (Å²) in [5.74, 6) is -2.81. The molecule has 0 radical (unpaired) electrons. The lowest BCUT2D eigenvalue weighted by Crippen LogP contribution is -2.41. The number of sulfonamides is 1. The summed E-state index contributed by atoms with van der Waals surface area (Å²) in [4.78, 5) is 39.0. The maximum absolute atomic E-state index is 13.3. The predicted molar refractivity (Wildman–Crippen MR) is 154 cm³/mol. The van der Waals surface area contributed by atoms with E-state index in [4.69, 9.17) is 30.2 Å². The Labute approximate surface area is 251 Å². The number of aliphatic carboxylic acids is 1. The molecule has 7 N–H and O–H groups in total. The zero-order valence-corrected chi connectivity index (χ0v) is 24.9. The molecule has 2 amide bonds. The molecule has 0 bridgehead atoms. The Bertz CT molecular complexity index is 1490. The number of hydrogen-bond donors (Lipinski definition) is 5. The number of carbonyl (C=O) groups excluding carboxylic acids is 2. The van der Waals surface area contributed by atoms with Gasteiger partial charge in [0.05, 0.1) is 25.5 Å². The lowest BCUT2D eigenvalue weighted by Gasteiger charge is -2.21. The van der Waals surface area contributed by atoms with Crippen LogP contribution in [0.4, 0.5) is 18.9 Å². The van der Waals surface area contributed by atoms with Gasteiger partial charge in [-0.2, -0.15) is 13.2 Å². The van der Waals surface area contributed by atoms with Gasteiger partial charge in [-0.15, -0.1) is 0 Å². The van der Waals surface area contributed by atoms with Gasteiger partial charge < -0.3 is 25.6 Å². The van der Waals surface area contributed by atoms with Crippen molar-refractivity contribution in [1.82, 2.24) is 5.32 Å². The fraction of sp³-hybridized carbons (Fsp3) is 0.407. The average molecular weight is 646 g/mol. The average Bonchev–Trinajstić information content (AvgIpc) is 3.46. The van der Waals surface area contributed by atoms with Crippen molar-refractivity contribution in [3.05, 3.63) is 47.5 Å². The van der Waals surface area contributed by atoms with E-state index in [9.17, 15) is 31.2 Å². The van der Waals surface area contributed by atoms with Crippen LogP contribution in [0, 0.1) is 12.8 Å². The second-order valence-electron chi connectivity index (χ2n) is 9.73. The summed E-state index contributed by atoms with van der Waals surface area (Å²) in [5, 5.41) is 17.7. The van der Waals surface area contributed by atoms with Crippen LogP contribution < -0.4 is 31.0 Å². The van der Waals surface area contributed by atoms with Crippen molar-refractivity contribution in [3.63, 3.8) is 0 Å². The largest absolute Gasteiger partial charge is 0.493 e. The number of guanidine groups is 1. The number of anilines is 1. The van der Waals surface area contributed by atoms with E-state index >= 15 is 0 Å². The second-order valence-corrected chi connectivity index (χ2v) is 11.3. The fourth-order valence-corrected chi connectivity index (χ4v) is 4.86. The molecular weight excluding hydrogens is 611 g/mol. The standard InChI is InChI=1S/C25H33N5O6S.C2HF3O2/c1-15-8-10-18(37(27,33)34)14-19(15)28-24(32)23(17-6-4-5-7-17)30-25(26)29-22(31)13-16-9-11-20(35-2)21(12-16)36-3;3-2(4,5)1(6)7/h8-12,14,17,23H,4-7,13H2,1-3H3,(H,28,32)(H2,27,33,34)(H3,26,29,30,31);(H,6,7)/t23-;/m0./s1. The number of hydrogen-bond acceptors (Lipinski definition) is 8. The lowest BCUT2D eigenvalue weighted by molar-refractivity contribution is -0.192. The first-order chi connectivity index (χ1) is 20.5. The molecule has 1 fully saturated rings. The van der Waals surface area contributed by atoms with E-state index < -0.39 is 40.0 Å². The van der Waals surface area contributed by atoms with Gasteiger partial charge in [-0.25, -0.2) is 23.3 Å². The summed E-state index contributed by atoms with van der Waals surface area (Å²) in [6.07, 6.45) is -1.60. The maximum Gasteiger partial charge on any atom is 0.490 e. The molecule has 2 aromatic rings. The number of ether oxygens (including phenoxy) is 2. The number of nitrogens with two attached hydrogens (primary N) is 2. The van der Waals surface area contributed by atoms with E-state index in [0.29, 0.717) is 28.3 Å². The molecule has 13 nitrogen and oxygen atoms in total. The van der Waals surface area contributed by atoms with Crippen molar-refractivity contribution < 1.29 is 50.6 Å². The van der Waals surface area contributed by atoms with Crippen LogP contribution in [0.25, 0.3) is 0 Å². The Kier molecular flexibility index (Phi) is 12.5. The molecule has 44 heavy (non-hydrogen) atoms. The Morgan fingerprint density at radius 1 is 1.07 bits per heavy atom. The van der Waals surface area contributed by atoms with E-state index in [1.54, 1.807) is 31.2 Å². The third-order valence-corrected chi connectivity index (χ3v) is 7.42. The van der Waals surface area contributed by atoms with Crippen molar-refractivity contribution in [2.75, 3.05) is 19.5 Å². The third-order valence-electron chi connectivity index (χ3n) is 6.51. The number of halogens is 3. The molecule has 0 aromatic heterocycles. The first-order valence-electron chi connectivity index (χ1n) is 13.0. The summed E-state index contributed by atoms with van der Waals surface area (Å²) in [5.41, 5.74) is 7.69. The molecule has 2 aromatic carbocycles. The lowest BCUT2D eigenvalue weighted by atomic mass is 9.97. The number of rotatable bonds is 9. The van der Waals surface area contributed by atoms with Crippen molar-refractivity contribution in [3.8, 4) is 11.5 Å². The zero-order chi connectivity index (χ0) is 33.2. The quantitative estimate of drug-likeness (QED) is 0.200. The van der Waals surface area contributed by atoms with Crippen molar-refractivity contribution in [1.29, 1.82) is 0 Å². The highest BCUT2D eigenvalue weighted by atomic mass is 32.2. The number of carboxylic acids is 1. The summed E-state index contributed by atoms with van der Waals surface area (Å²) in [6, 6.07) is 8.52. The molecule has 242 valence electrons. The van der Waals surface area contributed by atoms with Gasteiger partial charge in [0.1, 0.15) is 6.04 Å². The number of nitrogens with zero attached hydrogens (tertiary/aromatic N) is 1. The van der Waals surface area contributed by atoms with Crippen LogP contribution in [0.15, 0.2) is 46.3 Å². The minimum atomic E-state index is -5.08. The van der Waals surface area contributed by atoms with Crippen LogP contribution in [0.1, 0.15) is 36.8 Å². The summed E-state index contributed by atoms with van der Waals surface area (Å²) < 4.78 is 65.7. The van der Waals surface area contributed by atoms with Gasteiger partial charge in [0.15, 0.2) is 17.5 Å². The predicted octanol–water partition coefficient (Wildman–Crippen LogP) is 2.46. The Morgan fingerprint density at radius 3 is 2.18 bits per heavy atom. The van der Waals surface area contributed by atoms with Gasteiger partial charge in [-0.3, -0.25) is 14.9 Å².